The summed E-state index contributed by atoms with van der Waals surface area (Å²) in [7, 11) is 0. The van der Waals surface area contributed by atoms with Gasteiger partial charge in [-0.05, 0) is 6.79 Å². The largest absolute Gasteiger partial charge is 1.00 e. The summed E-state index contributed by atoms with van der Waals surface area (Å²) in [6.07, 6.45) is 0. The van der Waals surface area contributed by atoms with Crippen molar-refractivity contribution in [3.8, 4) is 0 Å². The Balaban J connectivity index is 0. The van der Waals surface area contributed by atoms with E-state index in [0.29, 0.717) is 0 Å². The predicted octanol–water partition coefficient (Wildman–Crippen LogP) is -4.70. The quantitative estimate of drug-likeness (QED) is 0.230. The molecule has 2 nitrogen and oxygen atoms in total. The summed E-state index contributed by atoms with van der Waals surface area (Å²) >= 11 is 0. The fourth-order valence-corrected chi connectivity index (χ4v) is 0. The first kappa shape index (κ1) is 8.87. The molecule has 0 amide bonds. The summed E-state index contributed by atoms with van der Waals surface area (Å²) in [6.45, 7) is -1.00. The van der Waals surface area contributed by atoms with Crippen LogP contribution in [0.1, 0.15) is 0 Å². The second kappa shape index (κ2) is 9.07. The zero-order valence-corrected chi connectivity index (χ0v) is 4.56. The average molecular weight is 70.0 g/mol. The van der Waals surface area contributed by atoms with Crippen LogP contribution >= 0.6 is 0 Å². The van der Waals surface area contributed by atoms with Crippen molar-refractivity contribution in [1.29, 1.82) is 0 Å². The molecule has 0 unspecified atom stereocenters. The van der Waals surface area contributed by atoms with Gasteiger partial charge in [0.2, 0.25) is 0 Å². The second-order valence-corrected chi connectivity index (χ2v) is 0.129. The van der Waals surface area contributed by atoms with Gasteiger partial charge in [0.1, 0.15) is 0 Å². The zero-order valence-electron chi connectivity index (χ0n) is 2.56. The summed E-state index contributed by atoms with van der Waals surface area (Å²) in [5.41, 5.74) is 0. The zero-order chi connectivity index (χ0) is 2.71. The van der Waals surface area contributed by atoms with E-state index in [1.54, 1.807) is 0 Å². The van der Waals surface area contributed by atoms with Gasteiger partial charge in [-0.1, -0.05) is 0 Å². The molecule has 0 heterocycles. The Labute approximate surface area is 46.7 Å². The van der Waals surface area contributed by atoms with Gasteiger partial charge < -0.3 is 10.2 Å². The van der Waals surface area contributed by atoms with Crippen LogP contribution in [-0.2, 0) is 0 Å². The summed E-state index contributed by atoms with van der Waals surface area (Å²) in [4.78, 5) is 0. The second-order valence-electron chi connectivity index (χ2n) is 0.129. The fraction of sp³-hybridized carbons (Fsp3) is 1.00. The molecule has 0 aliphatic carbocycles. The van der Waals surface area contributed by atoms with Gasteiger partial charge in [-0.25, -0.2) is 0 Å². The minimum atomic E-state index is -1.00. The Morgan fingerprint density at radius 1 is 1.75 bits per heavy atom. The Bertz CT molecular complexity index is 6.00. The number of hydrogen-bond acceptors (Lipinski definition) is 2. The number of aliphatic hydroxyl groups is 1. The molecule has 20 valence electrons. The van der Waals surface area contributed by atoms with Crippen LogP contribution in [0.3, 0.4) is 0 Å². The molecule has 0 saturated carbocycles. The van der Waals surface area contributed by atoms with Gasteiger partial charge >= 0.3 is 29.6 Å². The van der Waals surface area contributed by atoms with Crippen molar-refractivity contribution in [2.45, 2.75) is 0 Å². The first-order chi connectivity index (χ1) is 1.41. The van der Waals surface area contributed by atoms with Crippen LogP contribution in [0.2, 0.25) is 0 Å². The summed E-state index contributed by atoms with van der Waals surface area (Å²) in [5.74, 6) is 0. The number of aliphatic hydroxyl groups excluding tert-OH is 1. The molecule has 0 rings (SSSR count). The minimum Gasteiger partial charge on any atom is -0.834 e. The topological polar surface area (TPSA) is 43.3 Å². The predicted molar refractivity (Wildman–Crippen MR) is 7.09 cm³/mol. The van der Waals surface area contributed by atoms with Crippen LogP contribution in [0.5, 0.6) is 0 Å². The maximum atomic E-state index is 8.49. The average Bonchev–Trinajstić information content (AvgIpc) is 0.918. The standard InChI is InChI=1S/CH3O2.Na/c2-1-3;/h2H,1H2;/q-1;+1. The molecular weight excluding hydrogens is 67.0 g/mol. The molecule has 0 fully saturated rings. The van der Waals surface area contributed by atoms with E-state index < -0.39 is 6.79 Å². The van der Waals surface area contributed by atoms with E-state index in [-0.39, 0.29) is 29.6 Å². The van der Waals surface area contributed by atoms with Gasteiger partial charge in [-0.15, -0.1) is 0 Å². The molecule has 0 aromatic rings. The van der Waals surface area contributed by atoms with Crippen molar-refractivity contribution in [2.75, 3.05) is 6.79 Å². The third kappa shape index (κ3) is 12.7. The monoisotopic (exact) mass is 70.0 g/mol. The van der Waals surface area contributed by atoms with E-state index >= 15 is 0 Å². The third-order valence-corrected chi connectivity index (χ3v) is 0. The molecule has 3 heteroatoms. The van der Waals surface area contributed by atoms with Gasteiger partial charge in [0.05, 0.1) is 0 Å². The molecule has 0 aromatic carbocycles. The molecule has 0 saturated heterocycles. The van der Waals surface area contributed by atoms with E-state index in [1.807, 2.05) is 0 Å². The third-order valence-electron chi connectivity index (χ3n) is 0. The Morgan fingerprint density at radius 2 is 1.75 bits per heavy atom. The van der Waals surface area contributed by atoms with Crippen molar-refractivity contribution < 1.29 is 39.8 Å². The normalized spacial score (nSPS) is 4.50. The van der Waals surface area contributed by atoms with Gasteiger partial charge in [0, 0.05) is 0 Å². The minimum absolute atomic E-state index is 0. The number of hydrogen-bond donors (Lipinski definition) is 1. The van der Waals surface area contributed by atoms with E-state index in [1.165, 1.54) is 0 Å². The van der Waals surface area contributed by atoms with Crippen molar-refractivity contribution in [1.82, 2.24) is 0 Å². The first-order valence-corrected chi connectivity index (χ1v) is 0.605. The van der Waals surface area contributed by atoms with E-state index in [0.717, 1.165) is 0 Å². The van der Waals surface area contributed by atoms with E-state index in [4.69, 9.17) is 10.2 Å². The van der Waals surface area contributed by atoms with Gasteiger partial charge in [0.25, 0.3) is 0 Å². The van der Waals surface area contributed by atoms with Crippen molar-refractivity contribution in [3.63, 3.8) is 0 Å². The van der Waals surface area contributed by atoms with Crippen molar-refractivity contribution >= 4 is 0 Å². The van der Waals surface area contributed by atoms with Crippen LogP contribution in [-0.4, -0.2) is 11.9 Å². The molecule has 0 bridgehead atoms. The molecular formula is CH3NaO2. The summed E-state index contributed by atoms with van der Waals surface area (Å²) in [5, 5.41) is 15.5. The maximum Gasteiger partial charge on any atom is 1.00 e. The van der Waals surface area contributed by atoms with Crippen LogP contribution < -0.4 is 34.7 Å². The van der Waals surface area contributed by atoms with Crippen LogP contribution in [0.25, 0.3) is 0 Å². The van der Waals surface area contributed by atoms with E-state index in [2.05, 4.69) is 0 Å². The molecule has 0 aliphatic rings. The molecule has 1 N–H and O–H groups in total. The van der Waals surface area contributed by atoms with Crippen LogP contribution in [0, 0.1) is 0 Å². The van der Waals surface area contributed by atoms with Crippen molar-refractivity contribution in [3.05, 3.63) is 0 Å². The summed E-state index contributed by atoms with van der Waals surface area (Å²) in [6, 6.07) is 0. The van der Waals surface area contributed by atoms with Crippen LogP contribution in [0.15, 0.2) is 0 Å². The molecule has 0 aliphatic heterocycles. The smallest absolute Gasteiger partial charge is 0.834 e. The Hall–Kier alpha value is 0.920. The molecule has 0 spiro atoms. The summed E-state index contributed by atoms with van der Waals surface area (Å²) < 4.78 is 0. The Morgan fingerprint density at radius 3 is 1.75 bits per heavy atom. The maximum absolute atomic E-state index is 8.49. The van der Waals surface area contributed by atoms with Gasteiger partial charge in [-0.3, -0.25) is 0 Å². The Kier molecular flexibility index (Phi) is 20.1. The molecule has 4 heavy (non-hydrogen) atoms. The van der Waals surface area contributed by atoms with Crippen LogP contribution in [0.4, 0.5) is 0 Å². The van der Waals surface area contributed by atoms with Gasteiger partial charge in [0.15, 0.2) is 0 Å². The fourth-order valence-electron chi connectivity index (χ4n) is 0. The van der Waals surface area contributed by atoms with Crippen molar-refractivity contribution in [2.24, 2.45) is 0 Å². The van der Waals surface area contributed by atoms with E-state index in [9.17, 15) is 0 Å². The first-order valence-electron chi connectivity index (χ1n) is 0.605. The molecule has 0 atom stereocenters. The molecule has 0 radical (unpaired) electrons. The molecule has 0 aromatic heterocycles. The van der Waals surface area contributed by atoms with Gasteiger partial charge in [-0.2, -0.15) is 0 Å². The number of rotatable bonds is 0. The SMILES string of the molecule is [Na+].[O-]CO.